The van der Waals surface area contributed by atoms with Crippen molar-refractivity contribution in [1.82, 2.24) is 5.32 Å². The molecule has 8 nitrogen and oxygen atoms in total. The van der Waals surface area contributed by atoms with Crippen LogP contribution in [0.3, 0.4) is 0 Å². The number of nitrogens with one attached hydrogen (secondary N) is 3. The summed E-state index contributed by atoms with van der Waals surface area (Å²) in [5, 5.41) is 33.3. The van der Waals surface area contributed by atoms with Crippen molar-refractivity contribution in [2.75, 3.05) is 0 Å². The molecular formula is C26H30FN5O3. The number of hydrogen-bond acceptors (Lipinski definition) is 7. The molecular weight excluding hydrogens is 449 g/mol. The minimum Gasteiger partial charge on any atom is -0.508 e. The van der Waals surface area contributed by atoms with E-state index in [-0.39, 0.29) is 30.1 Å². The summed E-state index contributed by atoms with van der Waals surface area (Å²) in [7, 11) is 0. The van der Waals surface area contributed by atoms with Gasteiger partial charge < -0.3 is 26.0 Å². The normalized spacial score (nSPS) is 14.3. The molecule has 0 saturated heterocycles. The highest BCUT2D eigenvalue weighted by Gasteiger charge is 2.19. The Labute approximate surface area is 204 Å². The summed E-state index contributed by atoms with van der Waals surface area (Å²) in [6.07, 6.45) is 3.56. The van der Waals surface area contributed by atoms with Gasteiger partial charge in [0.25, 0.3) is 5.91 Å². The molecule has 1 aliphatic rings. The maximum atomic E-state index is 13.1. The number of rotatable bonds is 9. The van der Waals surface area contributed by atoms with Crippen LogP contribution in [0.4, 0.5) is 4.39 Å². The SMILES string of the molecule is C=N/N=C(\OCc1ccc2c(c1)C(=O)NC2)C(C)F.CC(CC(=N)/C=C\C=N)c1cccc(O)c1. The predicted octanol–water partition coefficient (Wildman–Crippen LogP) is 4.93. The van der Waals surface area contributed by atoms with Gasteiger partial charge in [-0.15, -0.1) is 5.10 Å². The fourth-order valence-corrected chi connectivity index (χ4v) is 3.31. The minimum absolute atomic E-state index is 0.0997. The highest BCUT2D eigenvalue weighted by atomic mass is 19.1. The van der Waals surface area contributed by atoms with Gasteiger partial charge in [0.1, 0.15) is 12.4 Å². The monoisotopic (exact) mass is 479 g/mol. The Hall–Kier alpha value is -4.14. The molecule has 1 heterocycles. The van der Waals surface area contributed by atoms with Crippen LogP contribution in [0.5, 0.6) is 5.75 Å². The lowest BCUT2D eigenvalue weighted by molar-refractivity contribution is 0.0965. The third-order valence-electron chi connectivity index (χ3n) is 5.11. The summed E-state index contributed by atoms with van der Waals surface area (Å²) < 4.78 is 18.4. The number of allylic oxidation sites excluding steroid dienone is 2. The number of benzene rings is 2. The van der Waals surface area contributed by atoms with Crippen molar-refractivity contribution in [2.24, 2.45) is 10.2 Å². The van der Waals surface area contributed by atoms with Crippen LogP contribution in [0.1, 0.15) is 53.2 Å². The number of aromatic hydroxyl groups is 1. The summed E-state index contributed by atoms with van der Waals surface area (Å²) in [6.45, 7) is 7.15. The predicted molar refractivity (Wildman–Crippen MR) is 137 cm³/mol. The van der Waals surface area contributed by atoms with Crippen molar-refractivity contribution in [3.63, 3.8) is 0 Å². The summed E-state index contributed by atoms with van der Waals surface area (Å²) in [5.74, 6) is 0.221. The maximum Gasteiger partial charge on any atom is 0.251 e. The molecule has 3 rings (SSSR count). The van der Waals surface area contributed by atoms with Crippen molar-refractivity contribution in [3.05, 3.63) is 76.9 Å². The van der Waals surface area contributed by atoms with E-state index in [1.54, 1.807) is 30.3 Å². The summed E-state index contributed by atoms with van der Waals surface area (Å²) >= 11 is 0. The standard InChI is InChI=1S/C13H14FN3O2.C13H16N2O/c1-8(14)13(17-15-2)19-7-9-3-4-10-6-16-12(18)11(10)5-9;1-10(8-12(15)5-3-7-14)11-4-2-6-13(16)9-11/h3-5,8H,2,6-7H2,1H3,(H,16,18);2-7,9-10,14-16H,8H2,1H3/b17-13-;5-3-,14-7?,15-12?. The van der Waals surface area contributed by atoms with Gasteiger partial charge in [-0.05, 0) is 66.3 Å². The van der Waals surface area contributed by atoms with Crippen LogP contribution in [0.15, 0.2) is 64.8 Å². The third-order valence-corrected chi connectivity index (χ3v) is 5.11. The molecule has 0 bridgehead atoms. The number of phenolic OH excluding ortho intramolecular Hbond substituents is 1. The first-order valence-corrected chi connectivity index (χ1v) is 11.0. The van der Waals surface area contributed by atoms with E-state index in [4.69, 9.17) is 15.6 Å². The van der Waals surface area contributed by atoms with E-state index in [1.165, 1.54) is 13.0 Å². The number of carbonyl (C=O) groups is 1. The number of halogens is 1. The first kappa shape index (κ1) is 27.1. The Morgan fingerprint density at radius 1 is 1.31 bits per heavy atom. The number of carbonyl (C=O) groups excluding carboxylic acids is 1. The lowest BCUT2D eigenvalue weighted by atomic mass is 9.95. The third kappa shape index (κ3) is 8.62. The molecule has 35 heavy (non-hydrogen) atoms. The van der Waals surface area contributed by atoms with Gasteiger partial charge in [-0.1, -0.05) is 31.2 Å². The second-order valence-electron chi connectivity index (χ2n) is 7.91. The highest BCUT2D eigenvalue weighted by molar-refractivity contribution is 5.98. The van der Waals surface area contributed by atoms with Crippen LogP contribution in [-0.2, 0) is 17.9 Å². The van der Waals surface area contributed by atoms with Gasteiger partial charge >= 0.3 is 0 Å². The second-order valence-corrected chi connectivity index (χ2v) is 7.91. The molecule has 0 fully saturated rings. The van der Waals surface area contributed by atoms with Gasteiger partial charge in [0.05, 0.1) is 0 Å². The van der Waals surface area contributed by atoms with Crippen molar-refractivity contribution in [3.8, 4) is 5.75 Å². The Balaban J connectivity index is 0.000000251. The van der Waals surface area contributed by atoms with E-state index in [2.05, 4.69) is 22.2 Å². The van der Waals surface area contributed by atoms with Crippen molar-refractivity contribution in [1.29, 1.82) is 10.8 Å². The molecule has 9 heteroatoms. The molecule has 1 amide bonds. The van der Waals surface area contributed by atoms with E-state index in [0.29, 0.717) is 24.2 Å². The number of phenols is 1. The van der Waals surface area contributed by atoms with Crippen LogP contribution < -0.4 is 5.32 Å². The van der Waals surface area contributed by atoms with E-state index in [0.717, 1.165) is 22.9 Å². The van der Waals surface area contributed by atoms with Crippen LogP contribution in [0.2, 0.25) is 0 Å². The van der Waals surface area contributed by atoms with Crippen LogP contribution in [0, 0.1) is 10.8 Å². The number of alkyl halides is 1. The summed E-state index contributed by atoms with van der Waals surface area (Å²) in [4.78, 5) is 11.5. The van der Waals surface area contributed by atoms with E-state index in [1.807, 2.05) is 25.1 Å². The van der Waals surface area contributed by atoms with Crippen LogP contribution in [-0.4, -0.2) is 41.7 Å². The van der Waals surface area contributed by atoms with Gasteiger partial charge in [0, 0.05) is 30.8 Å². The van der Waals surface area contributed by atoms with Gasteiger partial charge in [-0.25, -0.2) is 4.39 Å². The molecule has 2 unspecified atom stereocenters. The lowest BCUT2D eigenvalue weighted by Crippen LogP contribution is -2.16. The Kier molecular flexibility index (Phi) is 10.5. The van der Waals surface area contributed by atoms with Crippen molar-refractivity contribution >= 4 is 30.4 Å². The van der Waals surface area contributed by atoms with Crippen LogP contribution >= 0.6 is 0 Å². The summed E-state index contributed by atoms with van der Waals surface area (Å²) in [6, 6.07) is 12.5. The zero-order chi connectivity index (χ0) is 25.8. The van der Waals surface area contributed by atoms with E-state index >= 15 is 0 Å². The molecule has 2 atom stereocenters. The molecule has 0 radical (unpaired) electrons. The minimum atomic E-state index is -1.36. The Bertz CT molecular complexity index is 1130. The lowest BCUT2D eigenvalue weighted by Gasteiger charge is -2.11. The number of nitrogens with zero attached hydrogens (tertiary/aromatic N) is 2. The molecule has 1 aliphatic heterocycles. The van der Waals surface area contributed by atoms with Crippen molar-refractivity contribution < 1.29 is 19.0 Å². The molecule has 0 aromatic heterocycles. The average molecular weight is 480 g/mol. The largest absolute Gasteiger partial charge is 0.508 e. The van der Waals surface area contributed by atoms with Gasteiger partial charge in [-0.2, -0.15) is 5.10 Å². The maximum absolute atomic E-state index is 13.1. The van der Waals surface area contributed by atoms with Crippen molar-refractivity contribution in [2.45, 2.75) is 45.5 Å². The van der Waals surface area contributed by atoms with E-state index in [9.17, 15) is 14.3 Å². The first-order chi connectivity index (χ1) is 16.7. The summed E-state index contributed by atoms with van der Waals surface area (Å²) in [5.41, 5.74) is 3.87. The zero-order valence-corrected chi connectivity index (χ0v) is 19.8. The number of amides is 1. The van der Waals surface area contributed by atoms with E-state index < -0.39 is 6.17 Å². The Morgan fingerprint density at radius 3 is 2.74 bits per heavy atom. The molecule has 0 saturated carbocycles. The number of fused-ring (bicyclic) bond motifs is 1. The smallest absolute Gasteiger partial charge is 0.251 e. The molecule has 184 valence electrons. The zero-order valence-electron chi connectivity index (χ0n) is 19.8. The van der Waals surface area contributed by atoms with Gasteiger partial charge in [0.15, 0.2) is 6.17 Å². The molecule has 2 aromatic carbocycles. The molecule has 0 spiro atoms. The molecule has 0 aliphatic carbocycles. The second kappa shape index (κ2) is 13.5. The topological polar surface area (TPSA) is 131 Å². The number of ether oxygens (including phenoxy) is 1. The fraction of sp³-hybridized carbons (Fsp3) is 0.269. The highest BCUT2D eigenvalue weighted by Crippen LogP contribution is 2.23. The quantitative estimate of drug-likeness (QED) is 0.231. The molecule has 2 aromatic rings. The van der Waals surface area contributed by atoms with Gasteiger partial charge in [0.2, 0.25) is 5.90 Å². The fourth-order valence-electron chi connectivity index (χ4n) is 3.31. The van der Waals surface area contributed by atoms with Gasteiger partial charge in [-0.3, -0.25) is 4.79 Å². The van der Waals surface area contributed by atoms with Crippen LogP contribution in [0.25, 0.3) is 0 Å². The number of hydrogen-bond donors (Lipinski definition) is 4. The molecule has 4 N–H and O–H groups in total. The Morgan fingerprint density at radius 2 is 2.09 bits per heavy atom. The first-order valence-electron chi connectivity index (χ1n) is 11.0. The average Bonchev–Trinajstić information content (AvgIpc) is 3.20.